The fourth-order valence-electron chi connectivity index (χ4n) is 2.48. The number of hydrogen-bond donors (Lipinski definition) is 1. The molecule has 0 aliphatic heterocycles. The highest BCUT2D eigenvalue weighted by Crippen LogP contribution is 2.46. The van der Waals surface area contributed by atoms with Crippen molar-refractivity contribution in [3.63, 3.8) is 0 Å². The van der Waals surface area contributed by atoms with Crippen molar-refractivity contribution in [3.8, 4) is 0 Å². The zero-order valence-corrected chi connectivity index (χ0v) is 15.6. The topological polar surface area (TPSA) is 68.3 Å². The van der Waals surface area contributed by atoms with Gasteiger partial charge in [0.05, 0.1) is 17.9 Å². The van der Waals surface area contributed by atoms with Gasteiger partial charge >= 0.3 is 5.97 Å². The van der Waals surface area contributed by atoms with Gasteiger partial charge in [0.2, 0.25) is 5.91 Å². The summed E-state index contributed by atoms with van der Waals surface area (Å²) in [6, 6.07) is 3.87. The number of ether oxygens (including phenoxy) is 1. The van der Waals surface area contributed by atoms with E-state index in [0.29, 0.717) is 28.8 Å². The number of aromatic nitrogens is 1. The normalized spacial score (nSPS) is 13.5. The minimum atomic E-state index is -0.344. The zero-order chi connectivity index (χ0) is 17.6. The van der Waals surface area contributed by atoms with Crippen molar-refractivity contribution in [1.82, 2.24) is 4.98 Å². The SMILES string of the molecule is CCOC(=O)c1c(C2CC2)csc1NC(=O)CSCc1cccnc1. The average molecular weight is 377 g/mol. The Hall–Kier alpha value is -1.86. The number of amides is 1. The van der Waals surface area contributed by atoms with Gasteiger partial charge in [-0.1, -0.05) is 6.07 Å². The molecule has 0 radical (unpaired) electrons. The molecule has 1 aliphatic carbocycles. The van der Waals surface area contributed by atoms with Crippen LogP contribution in [-0.4, -0.2) is 29.2 Å². The maximum absolute atomic E-state index is 12.3. The Morgan fingerprint density at radius 1 is 1.44 bits per heavy atom. The number of carbonyl (C=O) groups excluding carboxylic acids is 2. The molecule has 1 saturated carbocycles. The molecule has 0 saturated heterocycles. The number of anilines is 1. The predicted molar refractivity (Wildman–Crippen MR) is 101 cm³/mol. The van der Waals surface area contributed by atoms with Crippen molar-refractivity contribution >= 4 is 40.0 Å². The van der Waals surface area contributed by atoms with Crippen LogP contribution in [-0.2, 0) is 15.3 Å². The molecule has 2 heterocycles. The summed E-state index contributed by atoms with van der Waals surface area (Å²) < 4.78 is 5.17. The molecule has 2 aromatic heterocycles. The zero-order valence-electron chi connectivity index (χ0n) is 14.0. The van der Waals surface area contributed by atoms with Gasteiger partial charge in [-0.3, -0.25) is 9.78 Å². The van der Waals surface area contributed by atoms with Gasteiger partial charge in [-0.25, -0.2) is 4.79 Å². The van der Waals surface area contributed by atoms with Crippen molar-refractivity contribution in [3.05, 3.63) is 46.6 Å². The van der Waals surface area contributed by atoms with Crippen LogP contribution in [0, 0.1) is 0 Å². The Kier molecular flexibility index (Phi) is 6.09. The van der Waals surface area contributed by atoms with Crippen molar-refractivity contribution in [2.75, 3.05) is 17.7 Å². The molecule has 1 N–H and O–H groups in total. The Balaban J connectivity index is 1.59. The molecule has 0 unspecified atom stereocenters. The van der Waals surface area contributed by atoms with E-state index in [9.17, 15) is 9.59 Å². The standard InChI is InChI=1S/C18H20N2O3S2/c1-2-23-18(22)16-14(13-5-6-13)10-25-17(16)20-15(21)11-24-9-12-4-3-7-19-8-12/h3-4,7-8,10,13H,2,5-6,9,11H2,1H3,(H,20,21). The van der Waals surface area contributed by atoms with Gasteiger partial charge < -0.3 is 10.1 Å². The lowest BCUT2D eigenvalue weighted by atomic mass is 10.1. The average Bonchev–Trinajstić information content (AvgIpc) is 3.37. The summed E-state index contributed by atoms with van der Waals surface area (Å²) in [5.41, 5.74) is 2.64. The fourth-order valence-corrected chi connectivity index (χ4v) is 4.29. The van der Waals surface area contributed by atoms with Crippen LogP contribution in [0.5, 0.6) is 0 Å². The quantitative estimate of drug-likeness (QED) is 0.704. The van der Waals surface area contributed by atoms with Gasteiger partial charge in [0, 0.05) is 18.1 Å². The van der Waals surface area contributed by atoms with Crippen molar-refractivity contribution in [2.45, 2.75) is 31.4 Å². The lowest BCUT2D eigenvalue weighted by Crippen LogP contribution is -2.16. The molecule has 1 amide bonds. The lowest BCUT2D eigenvalue weighted by molar-refractivity contribution is -0.113. The second-order valence-corrected chi connectivity index (χ2v) is 7.66. The first-order chi connectivity index (χ1) is 12.2. The van der Waals surface area contributed by atoms with E-state index in [2.05, 4.69) is 10.3 Å². The molecule has 2 aromatic rings. The van der Waals surface area contributed by atoms with E-state index < -0.39 is 0 Å². The van der Waals surface area contributed by atoms with E-state index in [1.54, 1.807) is 19.3 Å². The number of thiophene rings is 1. The highest BCUT2D eigenvalue weighted by Gasteiger charge is 2.32. The van der Waals surface area contributed by atoms with Crippen LogP contribution in [0.1, 0.15) is 47.2 Å². The summed E-state index contributed by atoms with van der Waals surface area (Å²) in [4.78, 5) is 28.6. The molecule has 0 aromatic carbocycles. The Morgan fingerprint density at radius 2 is 2.28 bits per heavy atom. The maximum Gasteiger partial charge on any atom is 0.341 e. The second kappa shape index (κ2) is 8.49. The molecule has 0 bridgehead atoms. The monoisotopic (exact) mass is 376 g/mol. The summed E-state index contributed by atoms with van der Waals surface area (Å²) in [5, 5.41) is 5.46. The molecule has 5 nitrogen and oxygen atoms in total. The molecular formula is C18H20N2O3S2. The summed E-state index contributed by atoms with van der Waals surface area (Å²) in [5.74, 6) is 1.03. The van der Waals surface area contributed by atoms with Crippen LogP contribution in [0.15, 0.2) is 29.9 Å². The molecule has 3 rings (SSSR count). The van der Waals surface area contributed by atoms with Gasteiger partial charge in [0.1, 0.15) is 5.00 Å². The third kappa shape index (κ3) is 4.83. The first-order valence-corrected chi connectivity index (χ1v) is 10.3. The number of nitrogens with zero attached hydrogens (tertiary/aromatic N) is 1. The summed E-state index contributed by atoms with van der Waals surface area (Å²) in [6.07, 6.45) is 5.71. The summed E-state index contributed by atoms with van der Waals surface area (Å²) in [7, 11) is 0. The number of nitrogens with one attached hydrogen (secondary N) is 1. The number of thioether (sulfide) groups is 1. The highest BCUT2D eigenvalue weighted by atomic mass is 32.2. The first kappa shape index (κ1) is 17.9. The predicted octanol–water partition coefficient (Wildman–Crippen LogP) is 4.07. The van der Waals surface area contributed by atoms with E-state index >= 15 is 0 Å². The van der Waals surface area contributed by atoms with Gasteiger partial charge in [-0.2, -0.15) is 0 Å². The molecule has 132 valence electrons. The van der Waals surface area contributed by atoms with E-state index in [1.165, 1.54) is 23.1 Å². The van der Waals surface area contributed by atoms with E-state index in [0.717, 1.165) is 29.7 Å². The fraction of sp³-hybridized carbons (Fsp3) is 0.389. The number of hydrogen-bond acceptors (Lipinski definition) is 6. The maximum atomic E-state index is 12.3. The molecule has 0 spiro atoms. The van der Waals surface area contributed by atoms with Gasteiger partial charge in [-0.05, 0) is 48.3 Å². The van der Waals surface area contributed by atoms with Crippen molar-refractivity contribution in [2.24, 2.45) is 0 Å². The lowest BCUT2D eigenvalue weighted by Gasteiger charge is -2.08. The third-order valence-corrected chi connectivity index (χ3v) is 5.71. The smallest absolute Gasteiger partial charge is 0.341 e. The molecule has 0 atom stereocenters. The van der Waals surface area contributed by atoms with Crippen LogP contribution < -0.4 is 5.32 Å². The van der Waals surface area contributed by atoms with E-state index in [-0.39, 0.29) is 11.9 Å². The van der Waals surface area contributed by atoms with Crippen LogP contribution in [0.3, 0.4) is 0 Å². The van der Waals surface area contributed by atoms with E-state index in [4.69, 9.17) is 4.74 Å². The highest BCUT2D eigenvalue weighted by molar-refractivity contribution is 7.99. The van der Waals surface area contributed by atoms with Crippen molar-refractivity contribution in [1.29, 1.82) is 0 Å². The summed E-state index contributed by atoms with van der Waals surface area (Å²) in [6.45, 7) is 2.11. The minimum absolute atomic E-state index is 0.108. The second-order valence-electron chi connectivity index (χ2n) is 5.79. The van der Waals surface area contributed by atoms with Crippen LogP contribution in [0.2, 0.25) is 0 Å². The number of carbonyl (C=O) groups is 2. The first-order valence-electron chi connectivity index (χ1n) is 8.24. The van der Waals surface area contributed by atoms with Gasteiger partial charge in [-0.15, -0.1) is 23.1 Å². The molecule has 25 heavy (non-hydrogen) atoms. The van der Waals surface area contributed by atoms with Crippen molar-refractivity contribution < 1.29 is 14.3 Å². The van der Waals surface area contributed by atoms with Crippen LogP contribution in [0.4, 0.5) is 5.00 Å². The largest absolute Gasteiger partial charge is 0.462 e. The Morgan fingerprint density at radius 3 is 2.96 bits per heavy atom. The molecule has 7 heteroatoms. The van der Waals surface area contributed by atoms with E-state index in [1.807, 2.05) is 17.5 Å². The summed E-state index contributed by atoms with van der Waals surface area (Å²) >= 11 is 2.92. The Bertz CT molecular complexity index is 742. The number of rotatable bonds is 8. The van der Waals surface area contributed by atoms with Gasteiger partial charge in [0.15, 0.2) is 0 Å². The van der Waals surface area contributed by atoms with Crippen LogP contribution >= 0.6 is 23.1 Å². The van der Waals surface area contributed by atoms with Gasteiger partial charge in [0.25, 0.3) is 0 Å². The van der Waals surface area contributed by atoms with Crippen LogP contribution in [0.25, 0.3) is 0 Å². The number of esters is 1. The Labute approximate surface area is 155 Å². The molecular weight excluding hydrogens is 356 g/mol. The molecule has 1 aliphatic rings. The minimum Gasteiger partial charge on any atom is -0.462 e. The molecule has 1 fully saturated rings. The number of pyridine rings is 1. The third-order valence-electron chi connectivity index (χ3n) is 3.79.